The summed E-state index contributed by atoms with van der Waals surface area (Å²) in [5.74, 6) is 0.544. The molecule has 2 amide bonds. The van der Waals surface area contributed by atoms with E-state index < -0.39 is 0 Å². The number of benzene rings is 2. The van der Waals surface area contributed by atoms with Crippen LogP contribution in [0.3, 0.4) is 0 Å². The van der Waals surface area contributed by atoms with Crippen molar-refractivity contribution in [2.45, 2.75) is 32.4 Å². The Labute approximate surface area is 182 Å². The minimum Gasteiger partial charge on any atom is -0.495 e. The Kier molecular flexibility index (Phi) is 7.71. The lowest BCUT2D eigenvalue weighted by atomic mass is 9.94. The minimum atomic E-state index is -0.292. The van der Waals surface area contributed by atoms with Gasteiger partial charge in [-0.3, -0.25) is 14.5 Å². The van der Waals surface area contributed by atoms with Gasteiger partial charge in [0.1, 0.15) is 5.75 Å². The van der Waals surface area contributed by atoms with Gasteiger partial charge in [0.15, 0.2) is 0 Å². The number of hydrogen-bond acceptors (Lipinski definition) is 4. The molecule has 1 unspecified atom stereocenters. The van der Waals surface area contributed by atoms with Crippen LogP contribution in [0.25, 0.3) is 0 Å². The molecule has 1 aliphatic rings. The summed E-state index contributed by atoms with van der Waals surface area (Å²) < 4.78 is 5.13. The summed E-state index contributed by atoms with van der Waals surface area (Å²) in [6.07, 6.45) is 1.49. The Hall–Kier alpha value is -2.57. The van der Waals surface area contributed by atoms with E-state index in [1.54, 1.807) is 25.3 Å². The summed E-state index contributed by atoms with van der Waals surface area (Å²) in [6.45, 7) is 3.85. The van der Waals surface area contributed by atoms with Crippen molar-refractivity contribution in [1.29, 1.82) is 0 Å². The standard InChI is InChI=1S/C23H28ClN3O3/c1-16(22(28)26-19-8-9-21(30-2)20(24)14-19)27-12-10-18(11-13-27)23(29)25-15-17-6-4-3-5-7-17/h3-9,14,16,18H,10-13,15H2,1-2H3,(H,25,29)(H,26,28). The fraction of sp³-hybridized carbons (Fsp3) is 0.391. The predicted molar refractivity (Wildman–Crippen MR) is 119 cm³/mol. The van der Waals surface area contributed by atoms with Gasteiger partial charge >= 0.3 is 0 Å². The molecule has 2 aromatic carbocycles. The quantitative estimate of drug-likeness (QED) is 0.704. The number of likely N-dealkylation sites (tertiary alicyclic amines) is 1. The van der Waals surface area contributed by atoms with E-state index in [1.165, 1.54) is 0 Å². The molecule has 2 aromatic rings. The number of halogens is 1. The molecule has 2 N–H and O–H groups in total. The second-order valence-electron chi connectivity index (χ2n) is 7.53. The molecule has 1 atom stereocenters. The molecule has 6 nitrogen and oxygen atoms in total. The molecule has 7 heteroatoms. The molecule has 0 saturated carbocycles. The maximum atomic E-state index is 12.6. The van der Waals surface area contributed by atoms with Crippen molar-refractivity contribution in [1.82, 2.24) is 10.2 Å². The Balaban J connectivity index is 1.46. The lowest BCUT2D eigenvalue weighted by molar-refractivity contribution is -0.127. The lowest BCUT2D eigenvalue weighted by Gasteiger charge is -2.34. The van der Waals surface area contributed by atoms with Gasteiger partial charge in [-0.2, -0.15) is 0 Å². The molecular weight excluding hydrogens is 402 g/mol. The molecule has 0 bridgehead atoms. The van der Waals surface area contributed by atoms with Crippen molar-refractivity contribution in [2.24, 2.45) is 5.92 Å². The van der Waals surface area contributed by atoms with Gasteiger partial charge < -0.3 is 15.4 Å². The van der Waals surface area contributed by atoms with Crippen molar-refractivity contribution in [2.75, 3.05) is 25.5 Å². The molecule has 30 heavy (non-hydrogen) atoms. The number of nitrogens with zero attached hydrogens (tertiary/aromatic N) is 1. The number of rotatable bonds is 7. The SMILES string of the molecule is COc1ccc(NC(=O)C(C)N2CCC(C(=O)NCc3ccccc3)CC2)cc1Cl. The van der Waals surface area contributed by atoms with Gasteiger partial charge in [-0.05, 0) is 56.6 Å². The third-order valence-corrected chi connectivity index (χ3v) is 5.85. The van der Waals surface area contributed by atoms with Crippen LogP contribution in [0.2, 0.25) is 5.02 Å². The Morgan fingerprint density at radius 3 is 2.50 bits per heavy atom. The largest absolute Gasteiger partial charge is 0.495 e. The number of ether oxygens (including phenoxy) is 1. The average Bonchev–Trinajstić information content (AvgIpc) is 2.78. The Morgan fingerprint density at radius 2 is 1.87 bits per heavy atom. The summed E-state index contributed by atoms with van der Waals surface area (Å²) in [5, 5.41) is 6.38. The average molecular weight is 430 g/mol. The van der Waals surface area contributed by atoms with Crippen LogP contribution in [0.5, 0.6) is 5.75 Å². The van der Waals surface area contributed by atoms with Crippen LogP contribution in [-0.2, 0) is 16.1 Å². The molecule has 1 saturated heterocycles. The van der Waals surface area contributed by atoms with Crippen molar-refractivity contribution in [3.05, 3.63) is 59.1 Å². The van der Waals surface area contributed by atoms with Crippen LogP contribution in [0.1, 0.15) is 25.3 Å². The van der Waals surface area contributed by atoms with Crippen LogP contribution in [0.4, 0.5) is 5.69 Å². The normalized spacial score (nSPS) is 16.0. The van der Waals surface area contributed by atoms with Crippen LogP contribution in [0.15, 0.2) is 48.5 Å². The topological polar surface area (TPSA) is 70.7 Å². The molecule has 0 radical (unpaired) electrons. The number of anilines is 1. The van der Waals surface area contributed by atoms with Gasteiger partial charge in [0.2, 0.25) is 11.8 Å². The van der Waals surface area contributed by atoms with E-state index in [2.05, 4.69) is 15.5 Å². The van der Waals surface area contributed by atoms with E-state index in [0.717, 1.165) is 18.4 Å². The van der Waals surface area contributed by atoms with Crippen molar-refractivity contribution in [3.8, 4) is 5.75 Å². The highest BCUT2D eigenvalue weighted by atomic mass is 35.5. The molecule has 1 fully saturated rings. The first kappa shape index (κ1) is 22.1. The summed E-state index contributed by atoms with van der Waals surface area (Å²) in [7, 11) is 1.55. The fourth-order valence-electron chi connectivity index (χ4n) is 3.63. The number of amides is 2. The van der Waals surface area contributed by atoms with Crippen molar-refractivity contribution < 1.29 is 14.3 Å². The van der Waals surface area contributed by atoms with Gasteiger partial charge in [0.05, 0.1) is 18.2 Å². The first-order valence-electron chi connectivity index (χ1n) is 10.2. The number of carbonyl (C=O) groups excluding carboxylic acids is 2. The van der Waals surface area contributed by atoms with Gasteiger partial charge in [-0.1, -0.05) is 41.9 Å². The first-order valence-corrected chi connectivity index (χ1v) is 10.6. The zero-order chi connectivity index (χ0) is 21.5. The fourth-order valence-corrected chi connectivity index (χ4v) is 3.89. The number of carbonyl (C=O) groups is 2. The smallest absolute Gasteiger partial charge is 0.241 e. The molecule has 160 valence electrons. The second-order valence-corrected chi connectivity index (χ2v) is 7.94. The molecule has 0 aromatic heterocycles. The minimum absolute atomic E-state index is 0.0133. The predicted octanol–water partition coefficient (Wildman–Crippen LogP) is 3.70. The maximum Gasteiger partial charge on any atom is 0.241 e. The highest BCUT2D eigenvalue weighted by molar-refractivity contribution is 6.32. The molecule has 1 heterocycles. The van der Waals surface area contributed by atoms with Crippen LogP contribution in [0, 0.1) is 5.92 Å². The summed E-state index contributed by atoms with van der Waals surface area (Å²) in [6, 6.07) is 14.8. The van der Waals surface area contributed by atoms with E-state index in [-0.39, 0.29) is 23.8 Å². The zero-order valence-electron chi connectivity index (χ0n) is 17.4. The van der Waals surface area contributed by atoms with E-state index in [9.17, 15) is 9.59 Å². The molecule has 0 spiro atoms. The van der Waals surface area contributed by atoms with E-state index >= 15 is 0 Å². The Morgan fingerprint density at radius 1 is 1.17 bits per heavy atom. The lowest BCUT2D eigenvalue weighted by Crippen LogP contribution is -2.48. The highest BCUT2D eigenvalue weighted by Gasteiger charge is 2.29. The van der Waals surface area contributed by atoms with Gasteiger partial charge in [-0.25, -0.2) is 0 Å². The van der Waals surface area contributed by atoms with Crippen molar-refractivity contribution >= 4 is 29.1 Å². The van der Waals surface area contributed by atoms with Gasteiger partial charge in [0.25, 0.3) is 0 Å². The first-order chi connectivity index (χ1) is 14.5. The second kappa shape index (κ2) is 10.5. The highest BCUT2D eigenvalue weighted by Crippen LogP contribution is 2.27. The molecular formula is C23H28ClN3O3. The number of piperidine rings is 1. The monoisotopic (exact) mass is 429 g/mol. The molecule has 0 aliphatic carbocycles. The third-order valence-electron chi connectivity index (χ3n) is 5.56. The zero-order valence-corrected chi connectivity index (χ0v) is 18.1. The number of nitrogens with one attached hydrogen (secondary N) is 2. The summed E-state index contributed by atoms with van der Waals surface area (Å²) >= 11 is 6.13. The van der Waals surface area contributed by atoms with Gasteiger partial charge in [0, 0.05) is 18.2 Å². The summed E-state index contributed by atoms with van der Waals surface area (Å²) in [5.41, 5.74) is 1.72. The van der Waals surface area contributed by atoms with Crippen LogP contribution in [-0.4, -0.2) is 43.0 Å². The van der Waals surface area contributed by atoms with Crippen LogP contribution < -0.4 is 15.4 Å². The number of methoxy groups -OCH3 is 1. The van der Waals surface area contributed by atoms with E-state index in [1.807, 2.05) is 37.3 Å². The van der Waals surface area contributed by atoms with Crippen molar-refractivity contribution in [3.63, 3.8) is 0 Å². The van der Waals surface area contributed by atoms with Crippen LogP contribution >= 0.6 is 11.6 Å². The van der Waals surface area contributed by atoms with E-state index in [0.29, 0.717) is 36.1 Å². The number of hydrogen-bond donors (Lipinski definition) is 2. The summed E-state index contributed by atoms with van der Waals surface area (Å²) in [4.78, 5) is 27.2. The molecule has 1 aliphatic heterocycles. The maximum absolute atomic E-state index is 12.6. The van der Waals surface area contributed by atoms with E-state index in [4.69, 9.17) is 16.3 Å². The molecule has 3 rings (SSSR count). The Bertz CT molecular complexity index is 867. The third kappa shape index (κ3) is 5.74. The van der Waals surface area contributed by atoms with Gasteiger partial charge in [-0.15, -0.1) is 0 Å².